The number of aryl methyl sites for hydroxylation is 1. The molecule has 0 aromatic heterocycles. The Kier molecular flexibility index (Phi) is 7.31. The molecule has 3 aromatic carbocycles. The lowest BCUT2D eigenvalue weighted by molar-refractivity contribution is -0.134. The number of rotatable bonds is 6. The molecule has 0 saturated carbocycles. The number of nitrogens with zero attached hydrogens (tertiary/aromatic N) is 3. The summed E-state index contributed by atoms with van der Waals surface area (Å²) in [5.41, 5.74) is 5.71. The van der Waals surface area contributed by atoms with Gasteiger partial charge in [0.25, 0.3) is 5.91 Å². The second kappa shape index (κ2) is 10.8. The van der Waals surface area contributed by atoms with E-state index in [1.54, 1.807) is 5.01 Å². The zero-order valence-corrected chi connectivity index (χ0v) is 21.0. The second-order valence-electron chi connectivity index (χ2n) is 9.84. The Balaban J connectivity index is 1.27. The van der Waals surface area contributed by atoms with E-state index in [2.05, 4.69) is 66.4 Å². The molecule has 1 amide bonds. The van der Waals surface area contributed by atoms with Gasteiger partial charge in [0.2, 0.25) is 0 Å². The number of benzene rings is 3. The third-order valence-electron chi connectivity index (χ3n) is 7.21. The van der Waals surface area contributed by atoms with E-state index in [0.717, 1.165) is 49.2 Å². The first kappa shape index (κ1) is 23.8. The van der Waals surface area contributed by atoms with E-state index in [1.165, 1.54) is 11.1 Å². The lowest BCUT2D eigenvalue weighted by Gasteiger charge is -2.33. The van der Waals surface area contributed by atoms with Crippen molar-refractivity contribution in [1.29, 1.82) is 0 Å². The van der Waals surface area contributed by atoms with E-state index < -0.39 is 0 Å². The van der Waals surface area contributed by atoms with Crippen LogP contribution in [-0.2, 0) is 11.2 Å². The Morgan fingerprint density at radius 1 is 0.971 bits per heavy atom. The summed E-state index contributed by atoms with van der Waals surface area (Å²) in [6, 6.07) is 26.8. The van der Waals surface area contributed by atoms with Crippen molar-refractivity contribution < 1.29 is 4.79 Å². The number of piperidine rings is 1. The zero-order chi connectivity index (χ0) is 24.2. The molecule has 5 rings (SSSR count). The predicted molar refractivity (Wildman–Crippen MR) is 143 cm³/mol. The molecule has 2 aliphatic rings. The van der Waals surface area contributed by atoms with E-state index in [4.69, 9.17) is 16.7 Å². The summed E-state index contributed by atoms with van der Waals surface area (Å²) < 4.78 is 0. The lowest BCUT2D eigenvalue weighted by Crippen LogP contribution is -2.42. The predicted octanol–water partition coefficient (Wildman–Crippen LogP) is 6.28. The van der Waals surface area contributed by atoms with E-state index in [0.29, 0.717) is 23.9 Å². The highest BCUT2D eigenvalue weighted by molar-refractivity contribution is 6.30. The smallest absolute Gasteiger partial charge is 0.257 e. The van der Waals surface area contributed by atoms with Crippen LogP contribution < -0.4 is 0 Å². The largest absolute Gasteiger partial charge is 0.294 e. The zero-order valence-electron chi connectivity index (χ0n) is 20.2. The van der Waals surface area contributed by atoms with Crippen LogP contribution in [0.25, 0.3) is 0 Å². The molecule has 2 aliphatic heterocycles. The second-order valence-corrected chi connectivity index (χ2v) is 10.3. The molecule has 35 heavy (non-hydrogen) atoms. The van der Waals surface area contributed by atoms with Crippen molar-refractivity contribution in [3.8, 4) is 0 Å². The molecule has 1 saturated heterocycles. The van der Waals surface area contributed by atoms with Gasteiger partial charge in [-0.1, -0.05) is 83.9 Å². The Morgan fingerprint density at radius 3 is 2.43 bits per heavy atom. The van der Waals surface area contributed by atoms with Crippen molar-refractivity contribution in [2.75, 3.05) is 19.6 Å². The third kappa shape index (κ3) is 5.83. The van der Waals surface area contributed by atoms with Crippen LogP contribution >= 0.6 is 11.6 Å². The quantitative estimate of drug-likeness (QED) is 0.412. The highest BCUT2D eigenvalue weighted by atomic mass is 35.5. The van der Waals surface area contributed by atoms with E-state index in [9.17, 15) is 4.79 Å². The van der Waals surface area contributed by atoms with Crippen molar-refractivity contribution >= 4 is 23.2 Å². The summed E-state index contributed by atoms with van der Waals surface area (Å²) >= 11 is 6.14. The average molecular weight is 486 g/mol. The van der Waals surface area contributed by atoms with E-state index in [1.807, 2.05) is 24.3 Å². The van der Waals surface area contributed by atoms with Gasteiger partial charge in [-0.25, -0.2) is 5.01 Å². The summed E-state index contributed by atoms with van der Waals surface area (Å²) in [5, 5.41) is 7.27. The van der Waals surface area contributed by atoms with Crippen LogP contribution in [0.5, 0.6) is 0 Å². The van der Waals surface area contributed by atoms with Crippen LogP contribution in [0.1, 0.15) is 47.6 Å². The van der Waals surface area contributed by atoms with Crippen molar-refractivity contribution in [2.45, 2.75) is 38.6 Å². The molecule has 5 heteroatoms. The maximum atomic E-state index is 13.5. The first-order chi connectivity index (χ1) is 17.0. The molecule has 180 valence electrons. The maximum Gasteiger partial charge on any atom is 0.257 e. The minimum atomic E-state index is -0.106. The fraction of sp³-hybridized carbons (Fsp3) is 0.333. The number of carbonyl (C=O) groups excluding carboxylic acids is 1. The number of likely N-dealkylation sites (tertiary alicyclic amines) is 1. The van der Waals surface area contributed by atoms with Gasteiger partial charge in [0.1, 0.15) is 0 Å². The van der Waals surface area contributed by atoms with Gasteiger partial charge in [-0.2, -0.15) is 5.10 Å². The van der Waals surface area contributed by atoms with Gasteiger partial charge >= 0.3 is 0 Å². The van der Waals surface area contributed by atoms with Crippen LogP contribution in [0.15, 0.2) is 84.0 Å². The van der Waals surface area contributed by atoms with Crippen molar-refractivity contribution in [3.63, 3.8) is 0 Å². The van der Waals surface area contributed by atoms with Gasteiger partial charge < -0.3 is 0 Å². The van der Waals surface area contributed by atoms with Crippen LogP contribution in [0, 0.1) is 12.8 Å². The number of halogens is 1. The molecule has 0 spiro atoms. The molecular weight excluding hydrogens is 454 g/mol. The lowest BCUT2D eigenvalue weighted by atomic mass is 9.90. The Labute approximate surface area is 213 Å². The molecule has 3 aromatic rings. The monoisotopic (exact) mass is 485 g/mol. The van der Waals surface area contributed by atoms with Crippen molar-refractivity contribution in [1.82, 2.24) is 9.91 Å². The summed E-state index contributed by atoms with van der Waals surface area (Å²) in [6.07, 6.45) is 4.08. The van der Waals surface area contributed by atoms with Crippen molar-refractivity contribution in [3.05, 3.63) is 106 Å². The molecule has 0 aliphatic carbocycles. The minimum absolute atomic E-state index is 0.0640. The first-order valence-electron chi connectivity index (χ1n) is 12.5. The maximum absolute atomic E-state index is 13.5. The molecule has 0 bridgehead atoms. The third-order valence-corrected chi connectivity index (χ3v) is 7.46. The number of hydrazone groups is 1. The van der Waals surface area contributed by atoms with E-state index >= 15 is 0 Å². The number of amides is 1. The Bertz CT molecular complexity index is 1180. The normalized spacial score (nSPS) is 19.1. The van der Waals surface area contributed by atoms with Gasteiger partial charge in [0, 0.05) is 11.4 Å². The summed E-state index contributed by atoms with van der Waals surface area (Å²) in [6.45, 7) is 4.40. The van der Waals surface area contributed by atoms with Gasteiger partial charge in [-0.3, -0.25) is 9.69 Å². The van der Waals surface area contributed by atoms with Crippen LogP contribution in [0.2, 0.25) is 5.02 Å². The Hall–Kier alpha value is -2.95. The summed E-state index contributed by atoms with van der Waals surface area (Å²) in [5.74, 6) is 0.748. The topological polar surface area (TPSA) is 35.9 Å². The molecular formula is C30H32ClN3O. The van der Waals surface area contributed by atoms with Crippen LogP contribution in [-0.4, -0.2) is 41.2 Å². The molecule has 0 N–H and O–H groups in total. The molecule has 0 unspecified atom stereocenters. The van der Waals surface area contributed by atoms with Gasteiger partial charge in [0.05, 0.1) is 18.3 Å². The Morgan fingerprint density at radius 2 is 1.71 bits per heavy atom. The fourth-order valence-electron chi connectivity index (χ4n) is 5.24. The average Bonchev–Trinajstić information content (AvgIpc) is 3.32. The van der Waals surface area contributed by atoms with Gasteiger partial charge in [0.15, 0.2) is 0 Å². The highest BCUT2D eigenvalue weighted by Crippen LogP contribution is 2.34. The van der Waals surface area contributed by atoms with Crippen LogP contribution in [0.3, 0.4) is 0 Å². The van der Waals surface area contributed by atoms with Gasteiger partial charge in [-0.05, 0) is 74.0 Å². The summed E-state index contributed by atoms with van der Waals surface area (Å²) in [7, 11) is 0. The highest BCUT2D eigenvalue weighted by Gasteiger charge is 2.34. The standard InChI is InChI=1S/C30H32ClN3O/c1-22-6-5-9-26(18-22)28-20-29(25-10-12-27(31)13-11-25)34(32-28)30(35)21-33-16-14-24(15-17-33)19-23-7-3-2-4-8-23/h2-13,18,24,29H,14-17,19-21H2,1H3/t29-/m1/s1. The molecule has 4 nitrogen and oxygen atoms in total. The molecule has 1 atom stereocenters. The fourth-order valence-corrected chi connectivity index (χ4v) is 5.37. The summed E-state index contributed by atoms with van der Waals surface area (Å²) in [4.78, 5) is 15.8. The first-order valence-corrected chi connectivity index (χ1v) is 12.9. The molecule has 2 heterocycles. The van der Waals surface area contributed by atoms with Crippen LogP contribution in [0.4, 0.5) is 0 Å². The van der Waals surface area contributed by atoms with Crippen molar-refractivity contribution in [2.24, 2.45) is 11.0 Å². The van der Waals surface area contributed by atoms with Gasteiger partial charge in [-0.15, -0.1) is 0 Å². The minimum Gasteiger partial charge on any atom is -0.294 e. The van der Waals surface area contributed by atoms with E-state index in [-0.39, 0.29) is 11.9 Å². The number of hydrogen-bond donors (Lipinski definition) is 0. The molecule has 1 fully saturated rings. The number of hydrogen-bond acceptors (Lipinski definition) is 3. The SMILES string of the molecule is Cc1cccc(C2=NN(C(=O)CN3CCC(Cc4ccccc4)CC3)[C@@H](c3ccc(Cl)cc3)C2)c1. The molecule has 0 radical (unpaired) electrons. The number of carbonyl (C=O) groups is 1.